The highest BCUT2D eigenvalue weighted by Crippen LogP contribution is 2.24. The molecule has 1 saturated heterocycles. The number of ether oxygens (including phenoxy) is 2. The molecule has 138 valence electrons. The van der Waals surface area contributed by atoms with E-state index in [0.717, 1.165) is 6.07 Å². The first-order valence-corrected chi connectivity index (χ1v) is 8.98. The van der Waals surface area contributed by atoms with Crippen LogP contribution in [0.2, 0.25) is 0 Å². The van der Waals surface area contributed by atoms with Crippen molar-refractivity contribution in [1.29, 1.82) is 0 Å². The summed E-state index contributed by atoms with van der Waals surface area (Å²) < 4.78 is 51.6. The molecule has 0 amide bonds. The number of rotatable bonds is 6. The van der Waals surface area contributed by atoms with E-state index in [2.05, 4.69) is 4.72 Å². The number of benzene rings is 1. The molecular weight excluding hydrogens is 359 g/mol. The Hall–Kier alpha value is -0.930. The van der Waals surface area contributed by atoms with Crippen LogP contribution in [0.3, 0.4) is 0 Å². The lowest BCUT2D eigenvalue weighted by molar-refractivity contribution is 0.0240. The molecule has 9 heteroatoms. The van der Waals surface area contributed by atoms with Gasteiger partial charge >= 0.3 is 0 Å². The monoisotopic (exact) mass is 382 g/mol. The first-order valence-electron chi connectivity index (χ1n) is 7.50. The lowest BCUT2D eigenvalue weighted by Gasteiger charge is -2.23. The molecule has 1 aliphatic rings. The topological polar surface area (TPSA) is 90.7 Å². The number of nitrogens with two attached hydrogens (primary N) is 1. The second-order valence-corrected chi connectivity index (χ2v) is 8.10. The fourth-order valence-electron chi connectivity index (χ4n) is 2.08. The van der Waals surface area contributed by atoms with E-state index in [9.17, 15) is 12.8 Å². The maximum Gasteiger partial charge on any atom is 0.240 e. The molecule has 1 aliphatic heterocycles. The van der Waals surface area contributed by atoms with E-state index in [-0.39, 0.29) is 35.7 Å². The molecule has 1 aromatic rings. The van der Waals surface area contributed by atoms with Crippen LogP contribution in [0.1, 0.15) is 26.7 Å². The van der Waals surface area contributed by atoms with Gasteiger partial charge in [-0.25, -0.2) is 17.5 Å². The molecule has 0 saturated carbocycles. The van der Waals surface area contributed by atoms with Gasteiger partial charge in [0.15, 0.2) is 11.6 Å². The van der Waals surface area contributed by atoms with Crippen molar-refractivity contribution in [3.05, 3.63) is 24.0 Å². The molecule has 24 heavy (non-hydrogen) atoms. The molecule has 0 spiro atoms. The van der Waals surface area contributed by atoms with E-state index in [1.807, 2.05) is 0 Å². The third kappa shape index (κ3) is 6.18. The molecule has 6 nitrogen and oxygen atoms in total. The SMILES string of the molecule is CC(C)(N)CNS(=O)(=O)c1ccc(OC2CCOCC2)c(F)c1.Cl. The molecule has 0 unspecified atom stereocenters. The Morgan fingerprint density at radius 2 is 2.00 bits per heavy atom. The quantitative estimate of drug-likeness (QED) is 0.783. The van der Waals surface area contributed by atoms with Crippen molar-refractivity contribution < 1.29 is 22.3 Å². The van der Waals surface area contributed by atoms with E-state index in [1.165, 1.54) is 12.1 Å². The third-order valence-corrected chi connectivity index (χ3v) is 4.79. The minimum Gasteiger partial charge on any atom is -0.487 e. The van der Waals surface area contributed by atoms with Crippen molar-refractivity contribution in [1.82, 2.24) is 4.72 Å². The molecule has 2 rings (SSSR count). The highest BCUT2D eigenvalue weighted by Gasteiger charge is 2.22. The normalized spacial score (nSPS) is 16.5. The molecule has 1 heterocycles. The minimum atomic E-state index is -3.81. The van der Waals surface area contributed by atoms with Gasteiger partial charge in [0.05, 0.1) is 18.1 Å². The fourth-order valence-corrected chi connectivity index (χ4v) is 3.32. The van der Waals surface area contributed by atoms with Crippen molar-refractivity contribution in [2.45, 2.75) is 43.2 Å². The van der Waals surface area contributed by atoms with Gasteiger partial charge in [-0.3, -0.25) is 0 Å². The number of hydrogen-bond donors (Lipinski definition) is 2. The van der Waals surface area contributed by atoms with Gasteiger partial charge in [-0.1, -0.05) is 0 Å². The van der Waals surface area contributed by atoms with Crippen LogP contribution < -0.4 is 15.2 Å². The zero-order valence-corrected chi connectivity index (χ0v) is 15.4. The second kappa shape index (κ2) is 8.44. The molecular formula is C15H24ClFN2O4S. The van der Waals surface area contributed by atoms with Crippen molar-refractivity contribution in [3.63, 3.8) is 0 Å². The van der Waals surface area contributed by atoms with Crippen LogP contribution in [0.4, 0.5) is 4.39 Å². The summed E-state index contributed by atoms with van der Waals surface area (Å²) in [4.78, 5) is -0.154. The maximum absolute atomic E-state index is 14.1. The van der Waals surface area contributed by atoms with Gasteiger partial charge in [-0.2, -0.15) is 0 Å². The molecule has 1 aromatic carbocycles. The first kappa shape index (κ1) is 21.1. The zero-order chi connectivity index (χ0) is 17.1. The van der Waals surface area contributed by atoms with Gasteiger partial charge in [-0.05, 0) is 32.0 Å². The molecule has 0 atom stereocenters. The summed E-state index contributed by atoms with van der Waals surface area (Å²) in [5.74, 6) is -0.651. The van der Waals surface area contributed by atoms with Crippen LogP contribution in [0.25, 0.3) is 0 Å². The zero-order valence-electron chi connectivity index (χ0n) is 13.7. The van der Waals surface area contributed by atoms with Gasteiger partial charge in [0.2, 0.25) is 10.0 Å². The predicted molar refractivity (Wildman–Crippen MR) is 91.6 cm³/mol. The van der Waals surface area contributed by atoms with Crippen LogP contribution >= 0.6 is 12.4 Å². The smallest absolute Gasteiger partial charge is 0.240 e. The van der Waals surface area contributed by atoms with Gasteiger partial charge in [0.1, 0.15) is 6.10 Å². The van der Waals surface area contributed by atoms with E-state index in [0.29, 0.717) is 26.1 Å². The second-order valence-electron chi connectivity index (χ2n) is 6.33. The van der Waals surface area contributed by atoms with Crippen molar-refractivity contribution >= 4 is 22.4 Å². The summed E-state index contributed by atoms with van der Waals surface area (Å²) in [5.41, 5.74) is 5.05. The molecule has 0 aromatic heterocycles. The Bertz CT molecular complexity index is 643. The lowest BCUT2D eigenvalue weighted by Crippen LogP contribution is -2.45. The molecule has 3 N–H and O–H groups in total. The fraction of sp³-hybridized carbons (Fsp3) is 0.600. The van der Waals surface area contributed by atoms with E-state index < -0.39 is 21.4 Å². The van der Waals surface area contributed by atoms with Gasteiger partial charge in [0.25, 0.3) is 0 Å². The largest absolute Gasteiger partial charge is 0.487 e. The summed E-state index contributed by atoms with van der Waals surface area (Å²) in [6.07, 6.45) is 1.26. The Labute approximate surface area is 148 Å². The highest BCUT2D eigenvalue weighted by atomic mass is 35.5. The van der Waals surface area contributed by atoms with E-state index in [1.54, 1.807) is 13.8 Å². The summed E-state index contributed by atoms with van der Waals surface area (Å²) in [6, 6.07) is 3.62. The number of hydrogen-bond acceptors (Lipinski definition) is 5. The van der Waals surface area contributed by atoms with Gasteiger partial charge < -0.3 is 15.2 Å². The molecule has 0 radical (unpaired) electrons. The predicted octanol–water partition coefficient (Wildman–Crippen LogP) is 1.82. The van der Waals surface area contributed by atoms with Crippen LogP contribution in [0, 0.1) is 5.82 Å². The molecule has 0 aliphatic carbocycles. The van der Waals surface area contributed by atoms with Gasteiger partial charge in [-0.15, -0.1) is 12.4 Å². The average molecular weight is 383 g/mol. The Balaban J connectivity index is 0.00000288. The number of halogens is 2. The summed E-state index contributed by atoms with van der Waals surface area (Å²) in [7, 11) is -3.81. The van der Waals surface area contributed by atoms with Crippen molar-refractivity contribution in [3.8, 4) is 5.75 Å². The van der Waals surface area contributed by atoms with Crippen LogP contribution in [0.5, 0.6) is 5.75 Å². The standard InChI is InChI=1S/C15H23FN2O4S.ClH/c1-15(2,17)10-18-23(19,20)12-3-4-14(13(16)9-12)22-11-5-7-21-8-6-11;/h3-4,9,11,18H,5-8,10,17H2,1-2H3;1H. The van der Waals surface area contributed by atoms with Crippen LogP contribution in [0.15, 0.2) is 23.1 Å². The average Bonchev–Trinajstić information content (AvgIpc) is 2.48. The third-order valence-electron chi connectivity index (χ3n) is 3.39. The maximum atomic E-state index is 14.1. The summed E-state index contributed by atoms with van der Waals surface area (Å²) in [5, 5.41) is 0. The summed E-state index contributed by atoms with van der Waals surface area (Å²) in [6.45, 7) is 4.61. The van der Waals surface area contributed by atoms with E-state index in [4.69, 9.17) is 15.2 Å². The number of nitrogens with one attached hydrogen (secondary N) is 1. The lowest BCUT2D eigenvalue weighted by atomic mass is 10.1. The molecule has 0 bridgehead atoms. The van der Waals surface area contributed by atoms with Crippen LogP contribution in [-0.4, -0.2) is 39.8 Å². The van der Waals surface area contributed by atoms with Gasteiger partial charge in [0, 0.05) is 24.9 Å². The minimum absolute atomic E-state index is 0. The molecule has 1 fully saturated rings. The van der Waals surface area contributed by atoms with Crippen LogP contribution in [-0.2, 0) is 14.8 Å². The van der Waals surface area contributed by atoms with Crippen molar-refractivity contribution in [2.24, 2.45) is 5.73 Å². The Morgan fingerprint density at radius 1 is 1.38 bits per heavy atom. The number of sulfonamides is 1. The highest BCUT2D eigenvalue weighted by molar-refractivity contribution is 7.89. The Kier molecular flexibility index (Phi) is 7.43. The summed E-state index contributed by atoms with van der Waals surface area (Å²) >= 11 is 0. The van der Waals surface area contributed by atoms with Crippen molar-refractivity contribution in [2.75, 3.05) is 19.8 Å². The first-order chi connectivity index (χ1) is 10.7. The van der Waals surface area contributed by atoms with E-state index >= 15 is 0 Å². The Morgan fingerprint density at radius 3 is 2.54 bits per heavy atom.